The molecule has 0 rings (SSSR count). The average Bonchev–Trinajstić information content (AvgIpc) is 2.02. The standard InChI is InChI=1S/C10H24N.CH4/c1-5-8-10-11(4,7-3)9-6-2;/h5-10H2,1-4H3;1H4/q+1;. The predicted octanol–water partition coefficient (Wildman–Crippen LogP) is 3.30. The van der Waals surface area contributed by atoms with E-state index in [9.17, 15) is 0 Å². The van der Waals surface area contributed by atoms with E-state index in [1.54, 1.807) is 0 Å². The summed E-state index contributed by atoms with van der Waals surface area (Å²) in [6.45, 7) is 10.8. The molecule has 0 fully saturated rings. The largest absolute Gasteiger partial charge is 0.326 e. The van der Waals surface area contributed by atoms with E-state index >= 15 is 0 Å². The van der Waals surface area contributed by atoms with Crippen molar-refractivity contribution in [2.45, 2.75) is 47.5 Å². The fourth-order valence-electron chi connectivity index (χ4n) is 1.51. The van der Waals surface area contributed by atoms with E-state index in [0.717, 1.165) is 0 Å². The molecule has 76 valence electrons. The van der Waals surface area contributed by atoms with Gasteiger partial charge in [-0.05, 0) is 19.8 Å². The predicted molar refractivity (Wildman–Crippen MR) is 58.4 cm³/mol. The number of hydrogen-bond acceptors (Lipinski definition) is 0. The summed E-state index contributed by atoms with van der Waals surface area (Å²) >= 11 is 0. The van der Waals surface area contributed by atoms with Gasteiger partial charge in [-0.25, -0.2) is 0 Å². The van der Waals surface area contributed by atoms with Crippen LogP contribution in [0, 0.1) is 0 Å². The van der Waals surface area contributed by atoms with Gasteiger partial charge >= 0.3 is 0 Å². The normalized spacial score (nSPS) is 15.0. The third kappa shape index (κ3) is 5.59. The van der Waals surface area contributed by atoms with Crippen molar-refractivity contribution in [3.05, 3.63) is 0 Å². The minimum Gasteiger partial charge on any atom is -0.326 e. The summed E-state index contributed by atoms with van der Waals surface area (Å²) < 4.78 is 1.27. The molecule has 0 aliphatic rings. The van der Waals surface area contributed by atoms with Crippen LogP contribution in [-0.4, -0.2) is 31.2 Å². The molecule has 0 aliphatic heterocycles. The summed E-state index contributed by atoms with van der Waals surface area (Å²) in [5.41, 5.74) is 0. The minimum atomic E-state index is 0. The molecule has 0 heterocycles. The van der Waals surface area contributed by atoms with Crippen LogP contribution in [0.4, 0.5) is 0 Å². The molecule has 0 aromatic heterocycles. The first-order chi connectivity index (χ1) is 5.18. The second kappa shape index (κ2) is 7.60. The molecule has 0 aliphatic carbocycles. The summed E-state index contributed by atoms with van der Waals surface area (Å²) in [4.78, 5) is 0. The lowest BCUT2D eigenvalue weighted by Crippen LogP contribution is -2.45. The van der Waals surface area contributed by atoms with Crippen LogP contribution in [0.5, 0.6) is 0 Å². The van der Waals surface area contributed by atoms with Gasteiger partial charge in [0.25, 0.3) is 0 Å². The Kier molecular flexibility index (Phi) is 9.17. The van der Waals surface area contributed by atoms with Crippen LogP contribution < -0.4 is 0 Å². The first kappa shape index (κ1) is 14.5. The number of rotatable bonds is 6. The lowest BCUT2D eigenvalue weighted by molar-refractivity contribution is -0.908. The van der Waals surface area contributed by atoms with Crippen molar-refractivity contribution in [1.82, 2.24) is 0 Å². The van der Waals surface area contributed by atoms with Gasteiger partial charge in [0.1, 0.15) is 0 Å². The first-order valence-corrected chi connectivity index (χ1v) is 5.02. The number of unbranched alkanes of at least 4 members (excludes halogenated alkanes) is 1. The summed E-state index contributed by atoms with van der Waals surface area (Å²) in [7, 11) is 2.37. The van der Waals surface area contributed by atoms with Gasteiger partial charge in [-0.15, -0.1) is 0 Å². The van der Waals surface area contributed by atoms with Crippen molar-refractivity contribution >= 4 is 0 Å². The van der Waals surface area contributed by atoms with E-state index in [1.807, 2.05) is 0 Å². The highest BCUT2D eigenvalue weighted by atomic mass is 15.3. The average molecular weight is 174 g/mol. The van der Waals surface area contributed by atoms with Crippen LogP contribution in [0.15, 0.2) is 0 Å². The molecule has 1 nitrogen and oxygen atoms in total. The Morgan fingerprint density at radius 2 is 1.50 bits per heavy atom. The highest BCUT2D eigenvalue weighted by Gasteiger charge is 2.15. The zero-order chi connectivity index (χ0) is 8.74. The third-order valence-electron chi connectivity index (χ3n) is 2.58. The Labute approximate surface area is 79.4 Å². The molecule has 0 aromatic carbocycles. The van der Waals surface area contributed by atoms with Gasteiger partial charge < -0.3 is 4.48 Å². The van der Waals surface area contributed by atoms with Gasteiger partial charge in [0.05, 0.1) is 26.7 Å². The molecular weight excluding hydrogens is 146 g/mol. The van der Waals surface area contributed by atoms with Crippen LogP contribution in [0.25, 0.3) is 0 Å². The number of nitrogens with zero attached hydrogens (tertiary/aromatic N) is 1. The fourth-order valence-corrected chi connectivity index (χ4v) is 1.51. The summed E-state index contributed by atoms with van der Waals surface area (Å²) in [6.07, 6.45) is 4.02. The molecule has 0 radical (unpaired) electrons. The highest BCUT2D eigenvalue weighted by Crippen LogP contribution is 2.06. The maximum absolute atomic E-state index is 2.37. The molecule has 0 amide bonds. The second-order valence-electron chi connectivity index (χ2n) is 3.74. The Morgan fingerprint density at radius 1 is 0.917 bits per heavy atom. The lowest BCUT2D eigenvalue weighted by Gasteiger charge is -2.33. The summed E-state index contributed by atoms with van der Waals surface area (Å²) in [6, 6.07) is 0. The van der Waals surface area contributed by atoms with E-state index < -0.39 is 0 Å². The summed E-state index contributed by atoms with van der Waals surface area (Å²) in [5.74, 6) is 0. The van der Waals surface area contributed by atoms with Crippen LogP contribution in [-0.2, 0) is 0 Å². The van der Waals surface area contributed by atoms with E-state index in [4.69, 9.17) is 0 Å². The minimum absolute atomic E-state index is 0. The molecule has 0 N–H and O–H groups in total. The molecular formula is C11H28N+. The van der Waals surface area contributed by atoms with Crippen LogP contribution in [0.3, 0.4) is 0 Å². The Morgan fingerprint density at radius 3 is 1.83 bits per heavy atom. The SMILES string of the molecule is C.CCCC[N+](C)(CC)CCC. The van der Waals surface area contributed by atoms with Crippen molar-refractivity contribution in [2.75, 3.05) is 26.7 Å². The van der Waals surface area contributed by atoms with Crippen molar-refractivity contribution in [1.29, 1.82) is 0 Å². The molecule has 0 saturated heterocycles. The molecule has 0 saturated carbocycles. The van der Waals surface area contributed by atoms with Crippen molar-refractivity contribution in [3.8, 4) is 0 Å². The summed E-state index contributed by atoms with van der Waals surface area (Å²) in [5, 5.41) is 0. The van der Waals surface area contributed by atoms with Gasteiger partial charge in [0.15, 0.2) is 0 Å². The van der Waals surface area contributed by atoms with Crippen molar-refractivity contribution in [3.63, 3.8) is 0 Å². The smallest absolute Gasteiger partial charge is 0.0784 e. The zero-order valence-corrected chi connectivity index (χ0v) is 8.69. The van der Waals surface area contributed by atoms with Gasteiger partial charge in [0.2, 0.25) is 0 Å². The van der Waals surface area contributed by atoms with E-state index in [-0.39, 0.29) is 7.43 Å². The molecule has 0 spiro atoms. The van der Waals surface area contributed by atoms with Crippen LogP contribution in [0.2, 0.25) is 0 Å². The van der Waals surface area contributed by atoms with Crippen LogP contribution >= 0.6 is 0 Å². The molecule has 0 aromatic rings. The number of quaternary nitrogens is 1. The molecule has 1 heteroatoms. The number of hydrogen-bond donors (Lipinski definition) is 0. The highest BCUT2D eigenvalue weighted by molar-refractivity contribution is 4.37. The van der Waals surface area contributed by atoms with Gasteiger partial charge in [0, 0.05) is 0 Å². The molecule has 0 bridgehead atoms. The lowest BCUT2D eigenvalue weighted by atomic mass is 10.2. The maximum Gasteiger partial charge on any atom is 0.0784 e. The van der Waals surface area contributed by atoms with Crippen molar-refractivity contribution < 1.29 is 4.48 Å². The van der Waals surface area contributed by atoms with E-state index in [2.05, 4.69) is 27.8 Å². The Hall–Kier alpha value is -0.0400. The molecule has 1 atom stereocenters. The van der Waals surface area contributed by atoms with Gasteiger partial charge in [-0.3, -0.25) is 0 Å². The third-order valence-corrected chi connectivity index (χ3v) is 2.58. The van der Waals surface area contributed by atoms with Crippen molar-refractivity contribution in [2.24, 2.45) is 0 Å². The second-order valence-corrected chi connectivity index (χ2v) is 3.74. The zero-order valence-electron chi connectivity index (χ0n) is 8.69. The fraction of sp³-hybridized carbons (Fsp3) is 1.00. The topological polar surface area (TPSA) is 0 Å². The van der Waals surface area contributed by atoms with Crippen LogP contribution in [0.1, 0.15) is 47.5 Å². The maximum atomic E-state index is 2.37. The first-order valence-electron chi connectivity index (χ1n) is 5.02. The van der Waals surface area contributed by atoms with E-state index in [1.165, 1.54) is 43.4 Å². The Bertz CT molecular complexity index is 91.0. The van der Waals surface area contributed by atoms with Gasteiger partial charge in [-0.1, -0.05) is 27.7 Å². The molecule has 12 heavy (non-hydrogen) atoms. The Balaban J connectivity index is 0. The van der Waals surface area contributed by atoms with E-state index in [0.29, 0.717) is 0 Å². The van der Waals surface area contributed by atoms with Gasteiger partial charge in [-0.2, -0.15) is 0 Å². The molecule has 1 unspecified atom stereocenters. The quantitative estimate of drug-likeness (QED) is 0.542. The monoisotopic (exact) mass is 174 g/mol.